The molecule has 1 rings (SSSR count). The number of H-pyrrole nitrogens is 1. The van der Waals surface area contributed by atoms with Gasteiger partial charge in [-0.3, -0.25) is 4.79 Å². The number of nitrogens with one attached hydrogen (secondary N) is 1. The van der Waals surface area contributed by atoms with Crippen molar-refractivity contribution >= 4 is 0 Å². The molecule has 7 nitrogen and oxygen atoms in total. The fraction of sp³-hybridized carbons (Fsp3) is 0.375. The van der Waals surface area contributed by atoms with Crippen molar-refractivity contribution in [3.63, 3.8) is 0 Å². The number of hydrogen-bond acceptors (Lipinski definition) is 4. The van der Waals surface area contributed by atoms with E-state index in [4.69, 9.17) is 5.53 Å². The summed E-state index contributed by atoms with van der Waals surface area (Å²) in [6.45, 7) is -0.286. The Morgan fingerprint density at radius 2 is 2.33 bits per heavy atom. The number of nitrogens with zero attached hydrogens (tertiary/aromatic N) is 3. The summed E-state index contributed by atoms with van der Waals surface area (Å²) in [6, 6.07) is 2.92. The van der Waals surface area contributed by atoms with E-state index in [0.29, 0.717) is 0 Å². The van der Waals surface area contributed by atoms with Gasteiger partial charge in [0.2, 0.25) is 0 Å². The Hall–Kier alpha value is -1.82. The average molecular weight is 210 g/mol. The second-order valence-corrected chi connectivity index (χ2v) is 2.88. The lowest BCUT2D eigenvalue weighted by Gasteiger charge is -2.14. The van der Waals surface area contributed by atoms with Crippen LogP contribution in [0.4, 0.5) is 0 Å². The molecular weight excluding hydrogens is 200 g/mol. The minimum Gasteiger partial charge on any atom is -0.390 e. The normalized spacial score (nSPS) is 14.0. The van der Waals surface area contributed by atoms with Crippen LogP contribution >= 0.6 is 0 Å². The highest BCUT2D eigenvalue weighted by atomic mass is 16.3. The van der Waals surface area contributed by atoms with Gasteiger partial charge in [-0.25, -0.2) is 0 Å². The molecule has 0 amide bonds. The third-order valence-corrected chi connectivity index (χ3v) is 1.86. The van der Waals surface area contributed by atoms with Gasteiger partial charge in [-0.15, -0.1) is 0 Å². The molecule has 80 valence electrons. The molecule has 0 fully saturated rings. The number of pyridine rings is 1. The highest BCUT2D eigenvalue weighted by molar-refractivity contribution is 5.13. The molecule has 0 saturated heterocycles. The van der Waals surface area contributed by atoms with E-state index >= 15 is 0 Å². The fourth-order valence-electron chi connectivity index (χ4n) is 1.09. The molecule has 3 N–H and O–H groups in total. The van der Waals surface area contributed by atoms with Crippen LogP contribution in [0.3, 0.4) is 0 Å². The maximum Gasteiger partial charge on any atom is 0.253 e. The molecule has 0 spiro atoms. The molecule has 2 atom stereocenters. The standard InChI is InChI=1S/C8H10N4O3/c9-12-11-4-6(13)7(14)5-2-1-3-10-8(5)15/h1-3,6-7,13-14H,4H2,(H,10,15). The molecule has 15 heavy (non-hydrogen) atoms. The number of aliphatic hydroxyl groups excluding tert-OH is 2. The molecule has 0 aliphatic heterocycles. The van der Waals surface area contributed by atoms with Gasteiger partial charge in [0, 0.05) is 16.7 Å². The van der Waals surface area contributed by atoms with E-state index in [0.717, 1.165) is 0 Å². The number of hydrogen-bond donors (Lipinski definition) is 3. The van der Waals surface area contributed by atoms with Crippen LogP contribution in [0, 0.1) is 0 Å². The SMILES string of the molecule is [N-]=[N+]=NCC(O)C(O)c1ccc[nH]c1=O. The van der Waals surface area contributed by atoms with Crippen molar-refractivity contribution in [3.8, 4) is 0 Å². The van der Waals surface area contributed by atoms with Crippen molar-refractivity contribution in [3.05, 3.63) is 44.7 Å². The van der Waals surface area contributed by atoms with Crippen molar-refractivity contribution in [1.29, 1.82) is 0 Å². The third-order valence-electron chi connectivity index (χ3n) is 1.86. The van der Waals surface area contributed by atoms with Crippen LogP contribution in [0.25, 0.3) is 10.4 Å². The minimum absolute atomic E-state index is 0.0399. The maximum absolute atomic E-state index is 11.2. The van der Waals surface area contributed by atoms with E-state index in [2.05, 4.69) is 15.0 Å². The molecule has 0 bridgehead atoms. The van der Waals surface area contributed by atoms with Crippen LogP contribution in [-0.4, -0.2) is 27.8 Å². The number of aromatic amines is 1. The van der Waals surface area contributed by atoms with Crippen molar-refractivity contribution in [2.45, 2.75) is 12.2 Å². The molecule has 1 heterocycles. The van der Waals surface area contributed by atoms with Gasteiger partial charge in [0.25, 0.3) is 5.56 Å². The van der Waals surface area contributed by atoms with Crippen molar-refractivity contribution < 1.29 is 10.2 Å². The molecule has 1 aromatic heterocycles. The number of rotatable bonds is 4. The summed E-state index contributed by atoms with van der Waals surface area (Å²) in [5.74, 6) is 0. The quantitative estimate of drug-likeness (QED) is 0.370. The highest BCUT2D eigenvalue weighted by Crippen LogP contribution is 2.12. The summed E-state index contributed by atoms with van der Waals surface area (Å²) in [4.78, 5) is 16.0. The van der Waals surface area contributed by atoms with E-state index < -0.39 is 17.8 Å². The van der Waals surface area contributed by atoms with Gasteiger partial charge < -0.3 is 15.2 Å². The van der Waals surface area contributed by atoms with Crippen LogP contribution in [0.2, 0.25) is 0 Å². The van der Waals surface area contributed by atoms with Crippen molar-refractivity contribution in [2.75, 3.05) is 6.54 Å². The van der Waals surface area contributed by atoms with Crippen LogP contribution in [0.1, 0.15) is 11.7 Å². The van der Waals surface area contributed by atoms with Gasteiger partial charge in [0.05, 0.1) is 12.6 Å². The largest absolute Gasteiger partial charge is 0.390 e. The molecule has 7 heteroatoms. The topological polar surface area (TPSA) is 122 Å². The predicted molar refractivity (Wildman–Crippen MR) is 52.0 cm³/mol. The van der Waals surface area contributed by atoms with Gasteiger partial charge in [0.1, 0.15) is 6.10 Å². The van der Waals surface area contributed by atoms with E-state index in [1.807, 2.05) is 0 Å². The van der Waals surface area contributed by atoms with Gasteiger partial charge in [0.15, 0.2) is 0 Å². The smallest absolute Gasteiger partial charge is 0.253 e. The molecule has 0 aliphatic rings. The Bertz CT molecular complexity index is 424. The van der Waals surface area contributed by atoms with E-state index in [9.17, 15) is 15.0 Å². The first-order valence-electron chi connectivity index (χ1n) is 4.21. The molecule has 2 unspecified atom stereocenters. The van der Waals surface area contributed by atoms with E-state index in [-0.39, 0.29) is 12.1 Å². The molecule has 0 aliphatic carbocycles. The summed E-state index contributed by atoms with van der Waals surface area (Å²) in [5, 5.41) is 22.0. The van der Waals surface area contributed by atoms with Crippen molar-refractivity contribution in [2.24, 2.45) is 5.11 Å². The molecule has 0 saturated carbocycles. The fourth-order valence-corrected chi connectivity index (χ4v) is 1.09. The zero-order valence-electron chi connectivity index (χ0n) is 7.74. The Balaban J connectivity index is 2.84. The van der Waals surface area contributed by atoms with Crippen LogP contribution < -0.4 is 5.56 Å². The Morgan fingerprint density at radius 1 is 1.60 bits per heavy atom. The highest BCUT2D eigenvalue weighted by Gasteiger charge is 2.19. The Labute approximate surface area is 84.6 Å². The summed E-state index contributed by atoms with van der Waals surface area (Å²) >= 11 is 0. The number of azide groups is 1. The summed E-state index contributed by atoms with van der Waals surface area (Å²) < 4.78 is 0. The minimum atomic E-state index is -1.36. The van der Waals surface area contributed by atoms with Crippen LogP contribution in [0.5, 0.6) is 0 Å². The second kappa shape index (κ2) is 5.16. The summed E-state index contributed by atoms with van der Waals surface area (Å²) in [7, 11) is 0. The number of aromatic nitrogens is 1. The van der Waals surface area contributed by atoms with E-state index in [1.54, 1.807) is 0 Å². The summed E-state index contributed by atoms with van der Waals surface area (Å²) in [5.41, 5.74) is 7.58. The molecule has 0 aromatic carbocycles. The van der Waals surface area contributed by atoms with Crippen LogP contribution in [-0.2, 0) is 0 Å². The lowest BCUT2D eigenvalue weighted by molar-refractivity contribution is 0.0235. The number of aliphatic hydroxyl groups is 2. The van der Waals surface area contributed by atoms with Crippen molar-refractivity contribution in [1.82, 2.24) is 4.98 Å². The maximum atomic E-state index is 11.2. The molecule has 0 radical (unpaired) electrons. The lowest BCUT2D eigenvalue weighted by Crippen LogP contribution is -2.26. The van der Waals surface area contributed by atoms with Gasteiger partial charge in [-0.2, -0.15) is 0 Å². The first kappa shape index (κ1) is 11.3. The Morgan fingerprint density at radius 3 is 2.93 bits per heavy atom. The first-order valence-corrected chi connectivity index (χ1v) is 4.21. The van der Waals surface area contributed by atoms with Gasteiger partial charge in [-0.1, -0.05) is 5.11 Å². The Kier molecular flexibility index (Phi) is 3.87. The first-order chi connectivity index (χ1) is 7.16. The summed E-state index contributed by atoms with van der Waals surface area (Å²) in [6.07, 6.45) is -1.23. The average Bonchev–Trinajstić information content (AvgIpc) is 2.25. The zero-order valence-corrected chi connectivity index (χ0v) is 7.74. The zero-order chi connectivity index (χ0) is 11.3. The third kappa shape index (κ3) is 2.81. The monoisotopic (exact) mass is 210 g/mol. The van der Waals surface area contributed by atoms with Gasteiger partial charge in [-0.05, 0) is 17.7 Å². The van der Waals surface area contributed by atoms with Crippen LogP contribution in [0.15, 0.2) is 28.2 Å². The molecule has 1 aromatic rings. The second-order valence-electron chi connectivity index (χ2n) is 2.88. The molecular formula is C8H10N4O3. The van der Waals surface area contributed by atoms with Gasteiger partial charge >= 0.3 is 0 Å². The predicted octanol–water partition coefficient (Wildman–Crippen LogP) is 0.0795. The lowest BCUT2D eigenvalue weighted by atomic mass is 10.1. The van der Waals surface area contributed by atoms with E-state index in [1.165, 1.54) is 18.3 Å².